The Morgan fingerprint density at radius 1 is 0.303 bits per heavy atom. The molecule has 0 saturated carbocycles. The summed E-state index contributed by atoms with van der Waals surface area (Å²) in [5, 5.41) is 97.0. The van der Waals surface area contributed by atoms with Crippen LogP contribution >= 0.6 is 0 Å². The summed E-state index contributed by atoms with van der Waals surface area (Å²) in [5.41, 5.74) is 16.4. The molecule has 0 fully saturated rings. The molecule has 0 bridgehead atoms. The molecule has 0 radical (unpaired) electrons. The Bertz CT molecular complexity index is 3100. The van der Waals surface area contributed by atoms with E-state index in [-0.39, 0.29) is 63.1 Å². The lowest BCUT2D eigenvalue weighted by atomic mass is 10.0. The fraction of sp³-hybridized carbons (Fsp3) is 0.527. The maximum absolute atomic E-state index is 14.3. The minimum absolute atomic E-state index is 0.00447. The SMILES string of the molecule is NCCCC[C@H](NC(=O)[C@H](CC(=O)O)NC(=O)[C@H](CC(=O)O)NC(=O)[C@H](CC(=O)O)NC(=O)[C@H](CC(=O)O)NC(=O)[C@H](CCCCN)NC(=O)[C@H](Cc1ccc(O)cc1)NC(=O)[C@H](CC(=O)O)NC(=O)CNC(=O)CNC(=O)CNC(=O)CNC(=O)CNC(=O)CNC(=O)CN)C(=O)O. The van der Waals surface area contributed by atoms with E-state index < -0.39 is 245 Å². The summed E-state index contributed by atoms with van der Waals surface area (Å²) in [5.74, 6) is -27.4. The summed E-state index contributed by atoms with van der Waals surface area (Å²) in [6.45, 7) is -4.46. The molecule has 1 rings (SSSR count). The average molecular weight is 1410 g/mol. The molecule has 14 amide bonds. The second kappa shape index (κ2) is 45.6. The zero-order valence-corrected chi connectivity index (χ0v) is 52.8. The van der Waals surface area contributed by atoms with E-state index >= 15 is 0 Å². The van der Waals surface area contributed by atoms with Gasteiger partial charge < -0.3 is 127 Å². The third-order valence-corrected chi connectivity index (χ3v) is 13.1. The number of carboxylic acid groups (broad SMARTS) is 6. The normalized spacial score (nSPS) is 13.0. The minimum atomic E-state index is -2.37. The standard InChI is InChI=1S/C55H81N17O27/c56-11-3-1-5-28(48(91)69-33(16-45(85)86)52(95)71-35(18-47(89)90)54(97)72-34(17-46(87)88)53(96)70-32(15-44(83)84)51(94)67-29(55(98)99)6-2-4-12-57)66-49(92)30(13-26-7-9-27(73)10-8-26)68-50(93)31(14-43(81)82)65-42(80)25-64-41(79)24-63-40(78)23-62-39(77)22-61-38(76)21-60-37(75)20-59-36(74)19-58/h7-10,28-35,73H,1-6,11-25,56-58H2,(H,59,74)(H,60,75)(H,61,76)(H,62,77)(H,63,78)(H,64,79)(H,65,80)(H,66,92)(H,67,94)(H,68,93)(H,69,91)(H,70,96)(H,71,95)(H,72,97)(H,81,82)(H,83,84)(H,85,86)(H,87,88)(H,89,90)(H,98,99)/t28-,29-,30-,31-,32-,33-,34-,35-/m0/s1. The molecule has 44 heteroatoms. The number of rotatable bonds is 49. The molecule has 0 saturated heterocycles. The van der Waals surface area contributed by atoms with E-state index in [4.69, 9.17) is 17.2 Å². The highest BCUT2D eigenvalue weighted by molar-refractivity contribution is 6.01. The van der Waals surface area contributed by atoms with Gasteiger partial charge >= 0.3 is 35.8 Å². The minimum Gasteiger partial charge on any atom is -0.508 e. The Morgan fingerprint density at radius 2 is 0.556 bits per heavy atom. The van der Waals surface area contributed by atoms with Crippen LogP contribution in [0.25, 0.3) is 0 Å². The number of carbonyl (C=O) groups is 20. The number of hydrogen-bond acceptors (Lipinski definition) is 24. The summed E-state index contributed by atoms with van der Waals surface area (Å²) in [6, 6.07) is -11.6. The van der Waals surface area contributed by atoms with Gasteiger partial charge in [-0.15, -0.1) is 0 Å². The summed E-state index contributed by atoms with van der Waals surface area (Å²) >= 11 is 0. The molecular formula is C55H81N17O27. The van der Waals surface area contributed by atoms with Crippen LogP contribution in [0.3, 0.4) is 0 Å². The van der Waals surface area contributed by atoms with Crippen LogP contribution in [0.1, 0.15) is 76.2 Å². The first-order valence-corrected chi connectivity index (χ1v) is 29.8. The van der Waals surface area contributed by atoms with Gasteiger partial charge in [-0.3, -0.25) is 91.1 Å². The van der Waals surface area contributed by atoms with E-state index in [2.05, 4.69) is 53.2 Å². The van der Waals surface area contributed by atoms with Crippen molar-refractivity contribution in [2.45, 2.75) is 125 Å². The Morgan fingerprint density at radius 3 is 0.859 bits per heavy atom. The molecule has 0 aromatic heterocycles. The van der Waals surface area contributed by atoms with Crippen molar-refractivity contribution >= 4 is 119 Å². The molecule has 0 aliphatic heterocycles. The molecule has 0 aliphatic rings. The highest BCUT2D eigenvalue weighted by atomic mass is 16.4. The number of benzene rings is 1. The summed E-state index contributed by atoms with van der Waals surface area (Å²) in [4.78, 5) is 253. The lowest BCUT2D eigenvalue weighted by molar-refractivity contribution is -0.145. The number of carboxylic acids is 6. The van der Waals surface area contributed by atoms with Gasteiger partial charge in [0.1, 0.15) is 54.1 Å². The number of amides is 14. The topological polar surface area (TPSA) is 729 Å². The van der Waals surface area contributed by atoms with E-state index in [1.807, 2.05) is 21.3 Å². The van der Waals surface area contributed by atoms with Crippen LogP contribution in [0.4, 0.5) is 0 Å². The largest absolute Gasteiger partial charge is 0.508 e. The first-order valence-electron chi connectivity index (χ1n) is 29.8. The zero-order chi connectivity index (χ0) is 74.9. The monoisotopic (exact) mass is 1410 g/mol. The average Bonchev–Trinajstić information content (AvgIpc) is 1.13. The van der Waals surface area contributed by atoms with Gasteiger partial charge in [0, 0.05) is 6.42 Å². The van der Waals surface area contributed by atoms with Gasteiger partial charge in [-0.25, -0.2) is 4.79 Å². The Hall–Kier alpha value is -11.7. The van der Waals surface area contributed by atoms with Gasteiger partial charge in [0.15, 0.2) is 0 Å². The quantitative estimate of drug-likeness (QED) is 0.0269. The van der Waals surface area contributed by atoms with Crippen LogP contribution in [0.5, 0.6) is 5.75 Å². The van der Waals surface area contributed by atoms with Gasteiger partial charge in [0.05, 0.1) is 77.9 Å². The fourth-order valence-electron chi connectivity index (χ4n) is 8.12. The first-order chi connectivity index (χ1) is 46.6. The van der Waals surface area contributed by atoms with Crippen LogP contribution in [0.15, 0.2) is 24.3 Å². The Labute approximate surface area is 560 Å². The number of aliphatic carboxylic acids is 6. The number of aromatic hydroxyl groups is 1. The molecular weight excluding hydrogens is 1330 g/mol. The van der Waals surface area contributed by atoms with Gasteiger partial charge in [0.25, 0.3) is 0 Å². The summed E-state index contributed by atoms with van der Waals surface area (Å²) < 4.78 is 0. The first kappa shape index (κ1) is 85.3. The maximum atomic E-state index is 14.3. The third-order valence-electron chi connectivity index (χ3n) is 13.1. The van der Waals surface area contributed by atoms with E-state index in [0.29, 0.717) is 6.42 Å². The van der Waals surface area contributed by atoms with Crippen molar-refractivity contribution in [1.82, 2.24) is 74.4 Å². The number of carbonyl (C=O) groups excluding carboxylic acids is 14. The molecule has 27 N–H and O–H groups in total. The van der Waals surface area contributed by atoms with Crippen LogP contribution in [0.2, 0.25) is 0 Å². The number of unbranched alkanes of at least 4 members (excludes halogenated alkanes) is 2. The number of hydrogen-bond donors (Lipinski definition) is 24. The Kier molecular flexibility index (Phi) is 39.3. The molecule has 99 heavy (non-hydrogen) atoms. The predicted octanol–water partition coefficient (Wildman–Crippen LogP) is -11.8. The number of phenolic OH excluding ortho intramolecular Hbond substituents is 1. The molecule has 0 spiro atoms. The maximum Gasteiger partial charge on any atom is 0.326 e. The molecule has 1 aromatic rings. The van der Waals surface area contributed by atoms with Crippen molar-refractivity contribution in [3.05, 3.63) is 29.8 Å². The second-order valence-electron chi connectivity index (χ2n) is 21.2. The molecule has 44 nitrogen and oxygen atoms in total. The van der Waals surface area contributed by atoms with E-state index in [1.54, 1.807) is 0 Å². The van der Waals surface area contributed by atoms with Gasteiger partial charge in [0.2, 0.25) is 82.7 Å². The van der Waals surface area contributed by atoms with Crippen molar-refractivity contribution in [1.29, 1.82) is 0 Å². The van der Waals surface area contributed by atoms with Gasteiger partial charge in [-0.05, 0) is 69.3 Å². The lowest BCUT2D eigenvalue weighted by Crippen LogP contribution is -2.61. The number of nitrogens with two attached hydrogens (primary N) is 3. The lowest BCUT2D eigenvalue weighted by Gasteiger charge is -2.27. The fourth-order valence-corrected chi connectivity index (χ4v) is 8.12. The number of nitrogens with one attached hydrogen (secondary N) is 14. The molecule has 1 aromatic carbocycles. The molecule has 548 valence electrons. The van der Waals surface area contributed by atoms with Crippen molar-refractivity contribution in [3.63, 3.8) is 0 Å². The van der Waals surface area contributed by atoms with Crippen molar-refractivity contribution in [3.8, 4) is 5.75 Å². The molecule has 0 unspecified atom stereocenters. The predicted molar refractivity (Wildman–Crippen MR) is 329 cm³/mol. The zero-order valence-electron chi connectivity index (χ0n) is 52.8. The summed E-state index contributed by atoms with van der Waals surface area (Å²) in [7, 11) is 0. The highest BCUT2D eigenvalue weighted by Crippen LogP contribution is 2.14. The smallest absolute Gasteiger partial charge is 0.326 e. The third kappa shape index (κ3) is 37.3. The van der Waals surface area contributed by atoms with Crippen LogP contribution < -0.4 is 91.6 Å². The van der Waals surface area contributed by atoms with Crippen molar-refractivity contribution < 1.29 is 132 Å². The number of phenols is 1. The van der Waals surface area contributed by atoms with Gasteiger partial charge in [-0.1, -0.05) is 12.1 Å². The highest BCUT2D eigenvalue weighted by Gasteiger charge is 2.37. The molecule has 0 aliphatic carbocycles. The van der Waals surface area contributed by atoms with Crippen molar-refractivity contribution in [2.75, 3.05) is 58.9 Å². The van der Waals surface area contributed by atoms with Crippen molar-refractivity contribution in [2.24, 2.45) is 17.2 Å². The van der Waals surface area contributed by atoms with E-state index in [9.17, 15) is 132 Å². The second-order valence-corrected chi connectivity index (χ2v) is 21.2. The molecule has 0 heterocycles. The summed E-state index contributed by atoms with van der Waals surface area (Å²) in [6.07, 6.45) is -7.02. The van der Waals surface area contributed by atoms with Gasteiger partial charge in [-0.2, -0.15) is 0 Å². The van der Waals surface area contributed by atoms with Crippen LogP contribution in [-0.2, 0) is 102 Å². The Balaban J connectivity index is 3.37. The van der Waals surface area contributed by atoms with E-state index in [1.165, 1.54) is 12.1 Å². The van der Waals surface area contributed by atoms with Crippen LogP contribution in [0, 0.1) is 0 Å². The molecule has 8 atom stereocenters. The van der Waals surface area contributed by atoms with E-state index in [0.717, 1.165) is 12.1 Å². The van der Waals surface area contributed by atoms with Crippen LogP contribution in [-0.4, -0.2) is 261 Å².